The van der Waals surface area contributed by atoms with Crippen molar-refractivity contribution in [2.75, 3.05) is 39.4 Å². The number of piperidine rings is 1. The van der Waals surface area contributed by atoms with Crippen molar-refractivity contribution in [3.05, 3.63) is 78.6 Å². The van der Waals surface area contributed by atoms with E-state index in [1.54, 1.807) is 29.6 Å². The number of pyridine rings is 1. The number of nitrogens with zero attached hydrogens (tertiary/aromatic N) is 5. The summed E-state index contributed by atoms with van der Waals surface area (Å²) in [5.41, 5.74) is 0.862. The maximum Gasteiger partial charge on any atom is 0.272 e. The van der Waals surface area contributed by atoms with Gasteiger partial charge in [-0.25, -0.2) is 9.97 Å². The molecule has 2 aromatic heterocycles. The highest BCUT2D eigenvalue weighted by molar-refractivity contribution is 5.97. The summed E-state index contributed by atoms with van der Waals surface area (Å²) in [6.45, 7) is 3.18. The van der Waals surface area contributed by atoms with E-state index >= 15 is 0 Å². The number of aromatic nitrogens is 3. The summed E-state index contributed by atoms with van der Waals surface area (Å²) in [6.07, 6.45) is 10.9. The normalized spacial score (nSPS) is 18.1. The summed E-state index contributed by atoms with van der Waals surface area (Å²) >= 11 is 0. The van der Waals surface area contributed by atoms with E-state index in [0.29, 0.717) is 49.8 Å². The van der Waals surface area contributed by atoms with Crippen molar-refractivity contribution >= 4 is 11.8 Å². The monoisotopic (exact) mass is 515 g/mol. The van der Waals surface area contributed by atoms with Crippen LogP contribution in [0, 0.1) is 5.41 Å². The molecule has 0 unspecified atom stereocenters. The maximum atomic E-state index is 13.5. The van der Waals surface area contributed by atoms with Gasteiger partial charge in [-0.1, -0.05) is 18.6 Å². The highest BCUT2D eigenvalue weighted by Gasteiger charge is 2.37. The Morgan fingerprint density at radius 3 is 2.61 bits per heavy atom. The maximum absolute atomic E-state index is 13.5. The van der Waals surface area contributed by atoms with Crippen LogP contribution in [0.25, 0.3) is 0 Å². The van der Waals surface area contributed by atoms with Crippen molar-refractivity contribution in [2.24, 2.45) is 5.41 Å². The molecule has 0 aliphatic carbocycles. The molecule has 1 saturated heterocycles. The molecule has 0 atom stereocenters. The Bertz CT molecular complexity index is 1220. The third-order valence-corrected chi connectivity index (χ3v) is 7.50. The molecule has 0 saturated carbocycles. The van der Waals surface area contributed by atoms with E-state index < -0.39 is 0 Å². The molecule has 1 fully saturated rings. The van der Waals surface area contributed by atoms with Crippen molar-refractivity contribution in [3.8, 4) is 11.5 Å². The van der Waals surface area contributed by atoms with Gasteiger partial charge in [0.05, 0.1) is 24.9 Å². The molecule has 6 rings (SSSR count). The Balaban J connectivity index is 1.37. The Labute approximate surface area is 222 Å². The minimum atomic E-state index is -0.147. The van der Waals surface area contributed by atoms with Crippen LogP contribution in [-0.2, 0) is 0 Å². The zero-order chi connectivity index (χ0) is 26.2. The summed E-state index contributed by atoms with van der Waals surface area (Å²) in [5, 5.41) is 0. The van der Waals surface area contributed by atoms with Crippen LogP contribution < -0.4 is 9.47 Å². The first kappa shape index (κ1) is 25.6. The predicted molar refractivity (Wildman–Crippen MR) is 141 cm³/mol. The molecule has 3 aromatic rings. The van der Waals surface area contributed by atoms with Gasteiger partial charge >= 0.3 is 0 Å². The molecule has 38 heavy (non-hydrogen) atoms. The van der Waals surface area contributed by atoms with Gasteiger partial charge in [-0.05, 0) is 56.0 Å². The first-order chi connectivity index (χ1) is 18.6. The highest BCUT2D eigenvalue weighted by atomic mass is 16.5. The van der Waals surface area contributed by atoms with E-state index in [9.17, 15) is 9.59 Å². The lowest BCUT2D eigenvalue weighted by Gasteiger charge is -2.42. The van der Waals surface area contributed by atoms with Crippen LogP contribution >= 0.6 is 0 Å². The van der Waals surface area contributed by atoms with Crippen LogP contribution in [0.3, 0.4) is 0 Å². The average Bonchev–Trinajstić information content (AvgIpc) is 2.98. The topological polar surface area (TPSA) is 97.8 Å². The molecule has 2 amide bonds. The molecule has 9 nitrogen and oxygen atoms in total. The molecule has 5 heterocycles. The number of hydrogen-bond donors (Lipinski definition) is 0. The van der Waals surface area contributed by atoms with Crippen LogP contribution in [0.15, 0.2) is 67.4 Å². The number of rotatable bonds is 4. The first-order valence-electron chi connectivity index (χ1n) is 13.2. The second-order valence-corrected chi connectivity index (χ2v) is 9.96. The van der Waals surface area contributed by atoms with Crippen molar-refractivity contribution < 1.29 is 19.1 Å². The van der Waals surface area contributed by atoms with Crippen LogP contribution in [0.2, 0.25) is 0 Å². The summed E-state index contributed by atoms with van der Waals surface area (Å²) < 4.78 is 12.3. The van der Waals surface area contributed by atoms with Gasteiger partial charge in [0.2, 0.25) is 0 Å². The Morgan fingerprint density at radius 2 is 1.82 bits per heavy atom. The molecule has 0 N–H and O–H groups in total. The number of carbonyl (C=O) groups excluding carboxylic acids is 2. The number of benzene rings is 1. The SMILES string of the molecule is O=C(c1ccncn1)N1CCCCC2(COc3cccnc3)CCN(CC2)C(=O)c2ccccc2OCC1. The second-order valence-electron chi connectivity index (χ2n) is 9.96. The van der Waals surface area contributed by atoms with E-state index in [2.05, 4.69) is 15.0 Å². The fraction of sp³-hybridized carbons (Fsp3) is 0.414. The van der Waals surface area contributed by atoms with E-state index in [1.165, 1.54) is 6.33 Å². The van der Waals surface area contributed by atoms with Gasteiger partial charge in [0, 0.05) is 37.4 Å². The zero-order valence-corrected chi connectivity index (χ0v) is 21.5. The average molecular weight is 516 g/mol. The third kappa shape index (κ3) is 6.10. The smallest absolute Gasteiger partial charge is 0.272 e. The lowest BCUT2D eigenvalue weighted by atomic mass is 9.75. The minimum absolute atomic E-state index is 0.0221. The molecule has 198 valence electrons. The fourth-order valence-corrected chi connectivity index (χ4v) is 5.22. The molecule has 0 spiro atoms. The van der Waals surface area contributed by atoms with E-state index in [0.717, 1.165) is 37.9 Å². The van der Waals surface area contributed by atoms with E-state index in [-0.39, 0.29) is 23.8 Å². The van der Waals surface area contributed by atoms with Crippen molar-refractivity contribution in [1.29, 1.82) is 0 Å². The van der Waals surface area contributed by atoms with Crippen LogP contribution in [0.5, 0.6) is 11.5 Å². The Hall–Kier alpha value is -4.01. The quantitative estimate of drug-likeness (QED) is 0.520. The number of para-hydroxylation sites is 1. The largest absolute Gasteiger partial charge is 0.491 e. The molecule has 1 aromatic carbocycles. The second kappa shape index (κ2) is 12.0. The van der Waals surface area contributed by atoms with E-state index in [4.69, 9.17) is 9.47 Å². The zero-order valence-electron chi connectivity index (χ0n) is 21.5. The highest BCUT2D eigenvalue weighted by Crippen LogP contribution is 2.38. The molecule has 2 bridgehead atoms. The number of ether oxygens (including phenoxy) is 2. The van der Waals surface area contributed by atoms with Crippen molar-refractivity contribution in [1.82, 2.24) is 24.8 Å². The van der Waals surface area contributed by atoms with Gasteiger partial charge in [0.25, 0.3) is 11.8 Å². The predicted octanol–water partition coefficient (Wildman–Crippen LogP) is 3.88. The van der Waals surface area contributed by atoms with Gasteiger partial charge in [0.1, 0.15) is 30.1 Å². The number of hydrogen-bond acceptors (Lipinski definition) is 7. The Kier molecular flexibility index (Phi) is 8.11. The summed E-state index contributed by atoms with van der Waals surface area (Å²) in [7, 11) is 0. The van der Waals surface area contributed by atoms with Gasteiger partial charge in [-0.15, -0.1) is 0 Å². The third-order valence-electron chi connectivity index (χ3n) is 7.50. The van der Waals surface area contributed by atoms with E-state index in [1.807, 2.05) is 41.3 Å². The number of amides is 2. The molecular formula is C29H33N5O4. The molecular weight excluding hydrogens is 482 g/mol. The Morgan fingerprint density at radius 1 is 0.947 bits per heavy atom. The fourth-order valence-electron chi connectivity index (χ4n) is 5.22. The van der Waals surface area contributed by atoms with Gasteiger partial charge in [-0.2, -0.15) is 0 Å². The lowest BCUT2D eigenvalue weighted by Crippen LogP contribution is -2.45. The molecule has 3 aliphatic heterocycles. The summed E-state index contributed by atoms with van der Waals surface area (Å²) in [5.74, 6) is 1.13. The lowest BCUT2D eigenvalue weighted by molar-refractivity contribution is 0.0358. The van der Waals surface area contributed by atoms with Crippen LogP contribution in [-0.4, -0.2) is 76.0 Å². The molecule has 3 aliphatic rings. The first-order valence-corrected chi connectivity index (χ1v) is 13.2. The van der Waals surface area contributed by atoms with Crippen LogP contribution in [0.4, 0.5) is 0 Å². The molecule has 9 heteroatoms. The van der Waals surface area contributed by atoms with Gasteiger partial charge < -0.3 is 19.3 Å². The standard InChI is InChI=1S/C29H33N5O4/c35-27-24-7-1-2-8-26(24)37-19-18-33(28(36)25-9-14-31-22-32-25)15-4-3-10-29(11-16-34(27)17-12-29)21-38-23-6-5-13-30-20-23/h1-2,5-9,13-14,20,22H,3-4,10-12,15-19,21H2. The minimum Gasteiger partial charge on any atom is -0.491 e. The molecule has 0 radical (unpaired) electrons. The summed E-state index contributed by atoms with van der Waals surface area (Å²) in [6, 6.07) is 12.8. The number of carbonyl (C=O) groups is 2. The number of fused-ring (bicyclic) bond motifs is 9. The van der Waals surface area contributed by atoms with Crippen molar-refractivity contribution in [3.63, 3.8) is 0 Å². The van der Waals surface area contributed by atoms with Gasteiger partial charge in [0.15, 0.2) is 0 Å². The van der Waals surface area contributed by atoms with Gasteiger partial charge in [-0.3, -0.25) is 14.6 Å². The van der Waals surface area contributed by atoms with Crippen LogP contribution in [0.1, 0.15) is 53.0 Å². The van der Waals surface area contributed by atoms with Crippen molar-refractivity contribution in [2.45, 2.75) is 32.1 Å². The summed E-state index contributed by atoms with van der Waals surface area (Å²) in [4.78, 5) is 42.7.